The fourth-order valence-electron chi connectivity index (χ4n) is 2.63. The molecule has 0 saturated heterocycles. The van der Waals surface area contributed by atoms with E-state index in [0.717, 1.165) is 10.1 Å². The zero-order valence-corrected chi connectivity index (χ0v) is 16.0. The molecule has 0 fully saturated rings. The Morgan fingerprint density at radius 2 is 1.93 bits per heavy atom. The Kier molecular flexibility index (Phi) is 5.26. The molecular weight excluding hydrogens is 382 g/mol. The summed E-state index contributed by atoms with van der Waals surface area (Å²) in [5, 5.41) is 12.5. The van der Waals surface area contributed by atoms with E-state index < -0.39 is 0 Å². The number of carbonyl (C=O) groups excluding carboxylic acids is 1. The number of Topliss-reactive ketones (excluding diaryl/α,β-unsaturated/α-hetero) is 1. The van der Waals surface area contributed by atoms with Gasteiger partial charge >= 0.3 is 0 Å². The second-order valence-corrected chi connectivity index (χ2v) is 8.09. The predicted molar refractivity (Wildman–Crippen MR) is 104 cm³/mol. The van der Waals surface area contributed by atoms with Crippen LogP contribution in [0.25, 0.3) is 0 Å². The Labute approximate surface area is 164 Å². The Hall–Kier alpha value is -2.58. The third-order valence-corrected chi connectivity index (χ3v) is 6.05. The Bertz CT molecular complexity index is 1010. The van der Waals surface area contributed by atoms with Crippen LogP contribution in [-0.2, 0) is 12.3 Å². The van der Waals surface area contributed by atoms with Gasteiger partial charge in [-0.1, -0.05) is 53.4 Å². The van der Waals surface area contributed by atoms with Crippen molar-refractivity contribution >= 4 is 28.9 Å². The van der Waals surface area contributed by atoms with Gasteiger partial charge in [-0.05, 0) is 23.8 Å². The number of aromatic nitrogens is 2. The first-order valence-electron chi connectivity index (χ1n) is 8.41. The van der Waals surface area contributed by atoms with E-state index >= 15 is 0 Å². The van der Waals surface area contributed by atoms with Gasteiger partial charge in [0.25, 0.3) is 0 Å². The second kappa shape index (κ2) is 7.98. The summed E-state index contributed by atoms with van der Waals surface area (Å²) in [6.07, 6.45) is 0. The highest BCUT2D eigenvalue weighted by atomic mass is 32.2. The molecule has 1 aliphatic heterocycles. The van der Waals surface area contributed by atoms with Gasteiger partial charge in [0, 0.05) is 11.3 Å². The number of rotatable bonds is 6. The molecule has 2 aromatic carbocycles. The average molecular weight is 399 g/mol. The first-order valence-corrected chi connectivity index (χ1v) is 10.2. The Balaban J connectivity index is 1.44. The Morgan fingerprint density at radius 3 is 2.74 bits per heavy atom. The molecule has 0 saturated carbocycles. The summed E-state index contributed by atoms with van der Waals surface area (Å²) < 4.78 is 13.2. The largest absolute Gasteiger partial charge is 0.486 e. The summed E-state index contributed by atoms with van der Waals surface area (Å²) in [6.45, 7) is 1.02. The fraction of sp³-hybridized carbons (Fsp3) is 0.211. The standard InChI is InChI=1S/C19H17N3O3S2/c20-18-22(21-19(27-18)26-12-13-4-2-1-3-5-13)11-15(23)14-6-7-16-17(10-14)25-9-8-24-16/h1-7,10,20H,8-9,11-12H2. The number of benzene rings is 2. The number of ketones is 1. The number of nitrogens with zero attached hydrogens (tertiary/aromatic N) is 2. The highest BCUT2D eigenvalue weighted by Crippen LogP contribution is 2.31. The monoisotopic (exact) mass is 399 g/mol. The molecular formula is C19H17N3O3S2. The SMILES string of the molecule is N=c1sc(SCc2ccccc2)nn1CC(=O)c1ccc2c(c1)OCCO2. The summed E-state index contributed by atoms with van der Waals surface area (Å²) in [7, 11) is 0. The van der Waals surface area contributed by atoms with Crippen molar-refractivity contribution in [1.82, 2.24) is 9.78 Å². The maximum atomic E-state index is 12.6. The number of fused-ring (bicyclic) bond motifs is 1. The lowest BCUT2D eigenvalue weighted by Gasteiger charge is -2.18. The number of nitrogens with one attached hydrogen (secondary N) is 1. The zero-order valence-electron chi connectivity index (χ0n) is 14.4. The van der Waals surface area contributed by atoms with Crippen molar-refractivity contribution in [3.8, 4) is 11.5 Å². The van der Waals surface area contributed by atoms with Crippen LogP contribution in [0, 0.1) is 5.41 Å². The van der Waals surface area contributed by atoms with Crippen LogP contribution in [0.1, 0.15) is 15.9 Å². The van der Waals surface area contributed by atoms with E-state index in [1.54, 1.807) is 30.0 Å². The molecule has 0 atom stereocenters. The van der Waals surface area contributed by atoms with E-state index in [0.29, 0.717) is 30.3 Å². The normalized spacial score (nSPS) is 12.7. The molecule has 6 nitrogen and oxygen atoms in total. The highest BCUT2D eigenvalue weighted by Gasteiger charge is 2.16. The van der Waals surface area contributed by atoms with Gasteiger partial charge in [-0.2, -0.15) is 5.10 Å². The van der Waals surface area contributed by atoms with Gasteiger partial charge in [0.15, 0.2) is 21.6 Å². The molecule has 1 aromatic heterocycles. The smallest absolute Gasteiger partial charge is 0.201 e. The quantitative estimate of drug-likeness (QED) is 0.508. The summed E-state index contributed by atoms with van der Waals surface area (Å²) in [5.74, 6) is 1.90. The van der Waals surface area contributed by atoms with Crippen LogP contribution >= 0.6 is 23.1 Å². The van der Waals surface area contributed by atoms with E-state index in [2.05, 4.69) is 17.2 Å². The molecule has 1 N–H and O–H groups in total. The van der Waals surface area contributed by atoms with Crippen LogP contribution in [-0.4, -0.2) is 28.8 Å². The second-order valence-electron chi connectivity index (χ2n) is 5.89. The minimum atomic E-state index is -0.115. The molecule has 138 valence electrons. The van der Waals surface area contributed by atoms with Crippen molar-refractivity contribution in [2.45, 2.75) is 16.6 Å². The van der Waals surface area contributed by atoms with Gasteiger partial charge in [-0.15, -0.1) is 0 Å². The average Bonchev–Trinajstić information content (AvgIpc) is 3.06. The van der Waals surface area contributed by atoms with Crippen molar-refractivity contribution in [2.24, 2.45) is 0 Å². The molecule has 0 spiro atoms. The number of carbonyl (C=O) groups is 1. The highest BCUT2D eigenvalue weighted by molar-refractivity contribution is 8.00. The van der Waals surface area contributed by atoms with Gasteiger partial charge in [0.05, 0.1) is 0 Å². The third kappa shape index (κ3) is 4.23. The maximum Gasteiger partial charge on any atom is 0.201 e. The van der Waals surface area contributed by atoms with Gasteiger partial charge < -0.3 is 9.47 Å². The Morgan fingerprint density at radius 1 is 1.15 bits per heavy atom. The molecule has 2 heterocycles. The minimum Gasteiger partial charge on any atom is -0.486 e. The molecule has 0 aliphatic carbocycles. The number of hydrogen-bond donors (Lipinski definition) is 1. The lowest BCUT2D eigenvalue weighted by molar-refractivity contribution is 0.0964. The van der Waals surface area contributed by atoms with E-state index in [1.807, 2.05) is 18.2 Å². The summed E-state index contributed by atoms with van der Waals surface area (Å²) in [4.78, 5) is 12.9. The first kappa shape index (κ1) is 17.8. The zero-order chi connectivity index (χ0) is 18.6. The molecule has 4 rings (SSSR count). The number of hydrogen-bond acceptors (Lipinski definition) is 7. The van der Waals surface area contributed by atoms with Crippen molar-refractivity contribution in [1.29, 1.82) is 5.41 Å². The van der Waals surface area contributed by atoms with Crippen molar-refractivity contribution < 1.29 is 14.3 Å². The van der Waals surface area contributed by atoms with Gasteiger partial charge in [0.2, 0.25) is 4.80 Å². The molecule has 1 aliphatic rings. The lowest BCUT2D eigenvalue weighted by atomic mass is 10.1. The third-order valence-electron chi connectivity index (χ3n) is 3.98. The van der Waals surface area contributed by atoms with Gasteiger partial charge in [0.1, 0.15) is 19.8 Å². The molecule has 0 radical (unpaired) electrons. The minimum absolute atomic E-state index is 0.0286. The lowest BCUT2D eigenvalue weighted by Crippen LogP contribution is -2.21. The van der Waals surface area contributed by atoms with Crippen molar-refractivity contribution in [2.75, 3.05) is 13.2 Å². The summed E-state index contributed by atoms with van der Waals surface area (Å²) >= 11 is 2.85. The van der Waals surface area contributed by atoms with Crippen LogP contribution in [0.3, 0.4) is 0 Å². The fourth-order valence-corrected chi connectivity index (χ4v) is 4.43. The van der Waals surface area contributed by atoms with E-state index in [4.69, 9.17) is 14.9 Å². The van der Waals surface area contributed by atoms with Crippen molar-refractivity contribution in [3.63, 3.8) is 0 Å². The molecule has 3 aromatic rings. The summed E-state index contributed by atoms with van der Waals surface area (Å²) in [5.41, 5.74) is 1.72. The van der Waals surface area contributed by atoms with Crippen molar-refractivity contribution in [3.05, 3.63) is 64.5 Å². The predicted octanol–water partition coefficient (Wildman–Crippen LogP) is 3.37. The molecule has 8 heteroatoms. The van der Waals surface area contributed by atoms with Crippen LogP contribution < -0.4 is 14.3 Å². The van der Waals surface area contributed by atoms with Gasteiger partial charge in [-0.3, -0.25) is 10.2 Å². The first-order chi connectivity index (χ1) is 13.2. The molecule has 0 unspecified atom stereocenters. The van der Waals surface area contributed by atoms with Crippen LogP contribution in [0.15, 0.2) is 52.9 Å². The molecule has 0 bridgehead atoms. The summed E-state index contributed by atoms with van der Waals surface area (Å²) in [6, 6.07) is 15.3. The molecule has 0 amide bonds. The number of thioether (sulfide) groups is 1. The van der Waals surface area contributed by atoms with E-state index in [-0.39, 0.29) is 17.1 Å². The van der Waals surface area contributed by atoms with E-state index in [9.17, 15) is 4.79 Å². The van der Waals surface area contributed by atoms with Crippen LogP contribution in [0.5, 0.6) is 11.5 Å². The van der Waals surface area contributed by atoms with E-state index in [1.165, 1.54) is 21.6 Å². The van der Waals surface area contributed by atoms with Crippen LogP contribution in [0.2, 0.25) is 0 Å². The molecule has 27 heavy (non-hydrogen) atoms. The maximum absolute atomic E-state index is 12.6. The number of ether oxygens (including phenoxy) is 2. The van der Waals surface area contributed by atoms with Crippen LogP contribution in [0.4, 0.5) is 0 Å². The topological polar surface area (TPSA) is 77.2 Å². The van der Waals surface area contributed by atoms with Gasteiger partial charge in [-0.25, -0.2) is 4.68 Å².